The van der Waals surface area contributed by atoms with Crippen molar-refractivity contribution in [2.75, 3.05) is 0 Å². The monoisotopic (exact) mass is 397 g/mol. The van der Waals surface area contributed by atoms with Crippen molar-refractivity contribution >= 4 is 16.5 Å². The minimum atomic E-state index is 0.192. The maximum absolute atomic E-state index is 8.65. The summed E-state index contributed by atoms with van der Waals surface area (Å²) in [4.78, 5) is 3.57. The van der Waals surface area contributed by atoms with E-state index in [0.29, 0.717) is 22.9 Å². The van der Waals surface area contributed by atoms with Crippen molar-refractivity contribution in [3.8, 4) is 11.3 Å². The fraction of sp³-hybridized carbons (Fsp3) is 0.429. The lowest BCUT2D eigenvalue weighted by molar-refractivity contribution is -0.659. The van der Waals surface area contributed by atoms with Gasteiger partial charge in [-0.05, 0) is 78.7 Å². The van der Waals surface area contributed by atoms with E-state index in [4.69, 9.17) is 9.31 Å². The molecule has 152 valence electrons. The third-order valence-electron chi connectivity index (χ3n) is 7.43. The van der Waals surface area contributed by atoms with Gasteiger partial charge in [-0.15, -0.1) is 0 Å². The molecule has 2 aliphatic carbocycles. The first-order valence-corrected chi connectivity index (χ1v) is 11.4. The zero-order valence-electron chi connectivity index (χ0n) is 20.1. The Kier molecular flexibility index (Phi) is 4.48. The molecule has 0 radical (unpaired) electrons. The first kappa shape index (κ1) is 17.1. The van der Waals surface area contributed by atoms with Gasteiger partial charge in [0, 0.05) is 6.04 Å². The Morgan fingerprint density at radius 2 is 1.70 bits per heavy atom. The molecule has 1 aromatic heterocycles. The first-order chi connectivity index (χ1) is 15.5. The van der Waals surface area contributed by atoms with Crippen LogP contribution in [-0.4, -0.2) is 0 Å². The van der Waals surface area contributed by atoms with E-state index in [1.807, 2.05) is 23.7 Å². The van der Waals surface area contributed by atoms with Crippen LogP contribution in [0.1, 0.15) is 82.6 Å². The maximum Gasteiger partial charge on any atom is 0.220 e. The zero-order chi connectivity index (χ0) is 22.4. The van der Waals surface area contributed by atoms with E-state index in [1.54, 1.807) is 6.07 Å². The molecule has 2 saturated carbocycles. The third kappa shape index (κ3) is 3.31. The molecule has 0 atom stereocenters. The summed E-state index contributed by atoms with van der Waals surface area (Å²) in [5.41, 5.74) is 7.00. The number of fused-ring (bicyclic) bond motifs is 1. The normalized spacial score (nSPS) is 18.6. The van der Waals surface area contributed by atoms with Gasteiger partial charge in [0.25, 0.3) is 0 Å². The molecular weight excluding hydrogens is 364 g/mol. The maximum atomic E-state index is 8.65. The standard InChI is InChI=1S/C28H31N2/c1-19-26(21-10-6-7-11-21)17-23(20-8-4-5-9-20)18-27(19)28-25-13-12-24(29-2)16-22(25)14-15-30(28)3/h12-18,20-21H,4-11H2,1,3H3/q+1/i14D,15D. The van der Waals surface area contributed by atoms with Gasteiger partial charge in [-0.25, -0.2) is 9.41 Å². The molecule has 0 N–H and O–H groups in total. The Morgan fingerprint density at radius 3 is 2.40 bits per heavy atom. The van der Waals surface area contributed by atoms with Crippen LogP contribution in [0.5, 0.6) is 0 Å². The number of hydrogen-bond acceptors (Lipinski definition) is 0. The summed E-state index contributed by atoms with van der Waals surface area (Å²) in [6.07, 6.45) is 10.5. The van der Waals surface area contributed by atoms with E-state index < -0.39 is 0 Å². The Balaban J connectivity index is 1.81. The number of nitrogens with zero attached hydrogens (tertiary/aromatic N) is 2. The summed E-state index contributed by atoms with van der Waals surface area (Å²) < 4.78 is 19.1. The Bertz CT molecular complexity index is 1240. The van der Waals surface area contributed by atoms with Crippen LogP contribution in [0.4, 0.5) is 5.69 Å². The molecule has 30 heavy (non-hydrogen) atoms. The van der Waals surface area contributed by atoms with Gasteiger partial charge in [0.05, 0.1) is 18.9 Å². The second-order valence-corrected chi connectivity index (χ2v) is 9.23. The summed E-state index contributed by atoms with van der Waals surface area (Å²) in [6.45, 7) is 9.65. The fourth-order valence-corrected chi connectivity index (χ4v) is 5.78. The van der Waals surface area contributed by atoms with Crippen molar-refractivity contribution in [3.05, 3.63) is 70.7 Å². The van der Waals surface area contributed by atoms with E-state index in [2.05, 4.69) is 23.9 Å². The molecule has 2 aromatic carbocycles. The molecule has 0 spiro atoms. The average Bonchev–Trinajstić information content (AvgIpc) is 3.53. The average molecular weight is 398 g/mol. The minimum absolute atomic E-state index is 0.192. The van der Waals surface area contributed by atoms with Crippen LogP contribution < -0.4 is 4.57 Å². The van der Waals surface area contributed by atoms with Gasteiger partial charge in [0.1, 0.15) is 8.42 Å². The summed E-state index contributed by atoms with van der Waals surface area (Å²) in [5.74, 6) is 1.26. The number of pyridine rings is 1. The van der Waals surface area contributed by atoms with Crippen LogP contribution in [0, 0.1) is 13.5 Å². The van der Waals surface area contributed by atoms with E-state index in [9.17, 15) is 0 Å². The van der Waals surface area contributed by atoms with Gasteiger partial charge >= 0.3 is 0 Å². The highest BCUT2D eigenvalue weighted by Crippen LogP contribution is 2.43. The van der Waals surface area contributed by atoms with E-state index in [0.717, 1.165) is 11.1 Å². The van der Waals surface area contributed by atoms with Crippen molar-refractivity contribution in [1.82, 2.24) is 0 Å². The van der Waals surface area contributed by atoms with Crippen LogP contribution in [0.25, 0.3) is 26.9 Å². The SMILES string of the molecule is [2H]c1c([2H])[n+](C)c(-c2cc(C3CCCC3)cc(C3CCCC3)c2C)c2ccc([N+]#[C-])cc12. The molecular formula is C28H31N2+. The predicted octanol–water partition coefficient (Wildman–Crippen LogP) is 7.51. The quantitative estimate of drug-likeness (QED) is 0.319. The predicted molar refractivity (Wildman–Crippen MR) is 124 cm³/mol. The van der Waals surface area contributed by atoms with Gasteiger partial charge in [-0.3, -0.25) is 0 Å². The highest BCUT2D eigenvalue weighted by atomic mass is 14.9. The number of rotatable bonds is 3. The minimum Gasteiger partial charge on any atom is -0.238 e. The molecule has 0 aliphatic heterocycles. The number of benzene rings is 2. The molecule has 0 saturated heterocycles. The lowest BCUT2D eigenvalue weighted by Crippen LogP contribution is -2.31. The van der Waals surface area contributed by atoms with Gasteiger partial charge in [0.15, 0.2) is 11.9 Å². The van der Waals surface area contributed by atoms with E-state index in [-0.39, 0.29) is 12.2 Å². The summed E-state index contributed by atoms with van der Waals surface area (Å²) >= 11 is 0. The van der Waals surface area contributed by atoms with Gasteiger partial charge in [0.2, 0.25) is 5.69 Å². The van der Waals surface area contributed by atoms with Crippen LogP contribution in [0.2, 0.25) is 0 Å². The molecule has 3 aromatic rings. The summed E-state index contributed by atoms with van der Waals surface area (Å²) in [5, 5.41) is 1.66. The molecule has 2 nitrogen and oxygen atoms in total. The van der Waals surface area contributed by atoms with E-state index >= 15 is 0 Å². The number of aromatic nitrogens is 1. The molecule has 1 heterocycles. The molecule has 2 fully saturated rings. The van der Waals surface area contributed by atoms with Gasteiger partial charge < -0.3 is 0 Å². The highest BCUT2D eigenvalue weighted by molar-refractivity contribution is 5.95. The Morgan fingerprint density at radius 1 is 1.00 bits per heavy atom. The van der Waals surface area contributed by atoms with Crippen molar-refractivity contribution < 1.29 is 7.31 Å². The highest BCUT2D eigenvalue weighted by Gasteiger charge is 2.27. The zero-order valence-corrected chi connectivity index (χ0v) is 18.1. The van der Waals surface area contributed by atoms with Crippen molar-refractivity contribution in [2.24, 2.45) is 7.05 Å². The van der Waals surface area contributed by atoms with Crippen molar-refractivity contribution in [1.29, 1.82) is 0 Å². The van der Waals surface area contributed by atoms with Crippen LogP contribution in [0.15, 0.2) is 42.5 Å². The number of hydrogen-bond donors (Lipinski definition) is 0. The molecule has 5 rings (SSSR count). The van der Waals surface area contributed by atoms with Gasteiger partial charge in [-0.1, -0.05) is 43.9 Å². The first-order valence-electron chi connectivity index (χ1n) is 12.4. The lowest BCUT2D eigenvalue weighted by Gasteiger charge is -2.21. The van der Waals surface area contributed by atoms with E-state index in [1.165, 1.54) is 73.6 Å². The molecule has 2 aliphatic rings. The van der Waals surface area contributed by atoms with Crippen LogP contribution >= 0.6 is 0 Å². The fourth-order valence-electron chi connectivity index (χ4n) is 5.78. The topological polar surface area (TPSA) is 8.24 Å². The van der Waals surface area contributed by atoms with Crippen molar-refractivity contribution in [2.45, 2.75) is 70.1 Å². The Hall–Kier alpha value is -2.66. The van der Waals surface area contributed by atoms with Crippen molar-refractivity contribution in [3.63, 3.8) is 0 Å². The smallest absolute Gasteiger partial charge is 0.220 e. The second-order valence-electron chi connectivity index (χ2n) is 9.23. The Labute approximate surface area is 183 Å². The second kappa shape index (κ2) is 7.88. The van der Waals surface area contributed by atoms with Gasteiger partial charge in [-0.2, -0.15) is 0 Å². The summed E-state index contributed by atoms with van der Waals surface area (Å²) in [6, 6.07) is 10.7. The molecule has 0 bridgehead atoms. The largest absolute Gasteiger partial charge is 0.238 e. The molecule has 0 amide bonds. The van der Waals surface area contributed by atoms with Crippen LogP contribution in [0.3, 0.4) is 0 Å². The summed E-state index contributed by atoms with van der Waals surface area (Å²) in [7, 11) is 1.91. The third-order valence-corrected chi connectivity index (χ3v) is 7.43. The molecule has 2 heteroatoms. The molecule has 0 unspecified atom stereocenters. The lowest BCUT2D eigenvalue weighted by atomic mass is 9.84. The van der Waals surface area contributed by atoms with Crippen LogP contribution in [-0.2, 0) is 7.05 Å².